The molecule has 3 heterocycles. The standard InChI is InChI=1S/C23H26N4O3S/c1-17-20(22(31-2)25-21(24-17)19-9-6-15-30-19)23(28)27-12-10-26(11-13-27)14-16-29-18-7-4-3-5-8-18/h3-9,15H,10-14,16H2,1-2H3. The predicted octanol–water partition coefficient (Wildman–Crippen LogP) is 3.60. The first-order chi connectivity index (χ1) is 15.2. The van der Waals surface area contributed by atoms with Gasteiger partial charge in [-0.15, -0.1) is 11.8 Å². The Kier molecular flexibility index (Phi) is 6.89. The third-order valence-electron chi connectivity index (χ3n) is 5.28. The van der Waals surface area contributed by atoms with Gasteiger partial charge in [-0.1, -0.05) is 18.2 Å². The number of aromatic nitrogens is 2. The van der Waals surface area contributed by atoms with Crippen LogP contribution in [0.15, 0.2) is 58.2 Å². The zero-order valence-corrected chi connectivity index (χ0v) is 18.6. The topological polar surface area (TPSA) is 71.7 Å². The molecule has 1 saturated heterocycles. The molecule has 2 aromatic heterocycles. The summed E-state index contributed by atoms with van der Waals surface area (Å²) in [5.74, 6) is 1.98. The number of para-hydroxylation sites is 1. The first kappa shape index (κ1) is 21.4. The summed E-state index contributed by atoms with van der Waals surface area (Å²) in [5, 5.41) is 0.683. The molecule has 0 atom stereocenters. The summed E-state index contributed by atoms with van der Waals surface area (Å²) in [6.07, 6.45) is 3.52. The van der Waals surface area contributed by atoms with Crippen LogP contribution in [0.5, 0.6) is 5.75 Å². The van der Waals surface area contributed by atoms with Gasteiger partial charge in [-0.2, -0.15) is 0 Å². The van der Waals surface area contributed by atoms with E-state index in [1.165, 1.54) is 11.8 Å². The van der Waals surface area contributed by atoms with Gasteiger partial charge in [0.1, 0.15) is 17.4 Å². The third-order valence-corrected chi connectivity index (χ3v) is 5.97. The van der Waals surface area contributed by atoms with Crippen molar-refractivity contribution in [1.29, 1.82) is 0 Å². The van der Waals surface area contributed by atoms with Crippen molar-refractivity contribution in [1.82, 2.24) is 19.8 Å². The van der Waals surface area contributed by atoms with E-state index in [0.29, 0.717) is 47.6 Å². The van der Waals surface area contributed by atoms with Gasteiger partial charge in [0.25, 0.3) is 5.91 Å². The maximum absolute atomic E-state index is 13.3. The molecule has 1 aliphatic rings. The number of carbonyl (C=O) groups excluding carboxylic acids is 1. The van der Waals surface area contributed by atoms with E-state index in [1.54, 1.807) is 12.3 Å². The molecule has 31 heavy (non-hydrogen) atoms. The van der Waals surface area contributed by atoms with E-state index in [1.807, 2.05) is 54.5 Å². The molecule has 1 amide bonds. The van der Waals surface area contributed by atoms with Gasteiger partial charge in [-0.05, 0) is 37.4 Å². The lowest BCUT2D eigenvalue weighted by Crippen LogP contribution is -2.49. The average molecular weight is 439 g/mol. The second-order valence-corrected chi connectivity index (χ2v) is 8.08. The van der Waals surface area contributed by atoms with Crippen molar-refractivity contribution in [3.05, 3.63) is 60.0 Å². The summed E-state index contributed by atoms with van der Waals surface area (Å²) in [4.78, 5) is 26.6. The number of ether oxygens (including phenoxy) is 1. The van der Waals surface area contributed by atoms with E-state index < -0.39 is 0 Å². The van der Waals surface area contributed by atoms with Crippen molar-refractivity contribution in [3.8, 4) is 17.3 Å². The van der Waals surface area contributed by atoms with E-state index in [0.717, 1.165) is 25.4 Å². The van der Waals surface area contributed by atoms with E-state index >= 15 is 0 Å². The highest BCUT2D eigenvalue weighted by Gasteiger charge is 2.27. The minimum atomic E-state index is -0.00645. The number of benzene rings is 1. The fourth-order valence-corrected chi connectivity index (χ4v) is 4.22. The summed E-state index contributed by atoms with van der Waals surface area (Å²) in [6, 6.07) is 13.5. The Balaban J connectivity index is 1.36. The normalized spacial score (nSPS) is 14.6. The largest absolute Gasteiger partial charge is 0.492 e. The fourth-order valence-electron chi connectivity index (χ4n) is 3.60. The molecule has 0 N–H and O–H groups in total. The fraction of sp³-hybridized carbons (Fsp3) is 0.348. The van der Waals surface area contributed by atoms with Crippen LogP contribution < -0.4 is 4.74 Å². The number of thioether (sulfide) groups is 1. The van der Waals surface area contributed by atoms with Crippen molar-refractivity contribution >= 4 is 17.7 Å². The molecular formula is C23H26N4O3S. The van der Waals surface area contributed by atoms with Gasteiger partial charge in [0, 0.05) is 32.7 Å². The molecule has 1 aliphatic heterocycles. The zero-order valence-electron chi connectivity index (χ0n) is 17.8. The molecule has 1 aromatic carbocycles. The van der Waals surface area contributed by atoms with Crippen LogP contribution in [0.4, 0.5) is 0 Å². The van der Waals surface area contributed by atoms with Crippen LogP contribution in [0, 0.1) is 6.92 Å². The number of furan rings is 1. The third kappa shape index (κ3) is 5.08. The number of amides is 1. The monoisotopic (exact) mass is 438 g/mol. The predicted molar refractivity (Wildman–Crippen MR) is 121 cm³/mol. The Morgan fingerprint density at radius 3 is 2.55 bits per heavy atom. The van der Waals surface area contributed by atoms with Crippen molar-refractivity contribution in [3.63, 3.8) is 0 Å². The lowest BCUT2D eigenvalue weighted by atomic mass is 10.2. The molecule has 4 rings (SSSR count). The number of nitrogens with zero attached hydrogens (tertiary/aromatic N) is 4. The van der Waals surface area contributed by atoms with Gasteiger partial charge in [-0.25, -0.2) is 9.97 Å². The first-order valence-corrected chi connectivity index (χ1v) is 11.5. The van der Waals surface area contributed by atoms with Crippen molar-refractivity contribution in [2.75, 3.05) is 45.6 Å². The quantitative estimate of drug-likeness (QED) is 0.412. The van der Waals surface area contributed by atoms with Crippen LogP contribution in [-0.2, 0) is 0 Å². The second kappa shape index (κ2) is 9.98. The summed E-state index contributed by atoms with van der Waals surface area (Å²) in [5.41, 5.74) is 1.26. The van der Waals surface area contributed by atoms with Crippen LogP contribution in [-0.4, -0.2) is 71.3 Å². The van der Waals surface area contributed by atoms with Crippen molar-refractivity contribution in [2.45, 2.75) is 11.9 Å². The molecule has 8 heteroatoms. The minimum Gasteiger partial charge on any atom is -0.492 e. The summed E-state index contributed by atoms with van der Waals surface area (Å²) in [7, 11) is 0. The summed E-state index contributed by atoms with van der Waals surface area (Å²) >= 11 is 1.46. The van der Waals surface area contributed by atoms with E-state index in [4.69, 9.17) is 9.15 Å². The Bertz CT molecular complexity index is 1000. The minimum absolute atomic E-state index is 0.00645. The second-order valence-electron chi connectivity index (χ2n) is 7.29. The van der Waals surface area contributed by atoms with E-state index in [2.05, 4.69) is 14.9 Å². The molecule has 0 saturated carbocycles. The number of carbonyl (C=O) groups is 1. The average Bonchev–Trinajstić information content (AvgIpc) is 3.34. The smallest absolute Gasteiger partial charge is 0.258 e. The maximum atomic E-state index is 13.3. The van der Waals surface area contributed by atoms with Gasteiger partial charge in [-0.3, -0.25) is 9.69 Å². The number of aryl methyl sites for hydroxylation is 1. The first-order valence-electron chi connectivity index (χ1n) is 10.3. The van der Waals surface area contributed by atoms with Gasteiger partial charge in [0.15, 0.2) is 11.6 Å². The lowest BCUT2D eigenvalue weighted by Gasteiger charge is -2.35. The van der Waals surface area contributed by atoms with E-state index in [-0.39, 0.29) is 5.91 Å². The molecule has 0 spiro atoms. The molecule has 0 bridgehead atoms. The zero-order chi connectivity index (χ0) is 21.6. The molecule has 3 aromatic rings. The SMILES string of the molecule is CSc1nc(-c2ccco2)nc(C)c1C(=O)N1CCN(CCOc2ccccc2)CC1. The molecule has 1 fully saturated rings. The molecular weight excluding hydrogens is 412 g/mol. The van der Waals surface area contributed by atoms with Crippen LogP contribution in [0.1, 0.15) is 16.1 Å². The van der Waals surface area contributed by atoms with Crippen LogP contribution in [0.25, 0.3) is 11.6 Å². The van der Waals surface area contributed by atoms with Gasteiger partial charge in [0.05, 0.1) is 17.5 Å². The van der Waals surface area contributed by atoms with E-state index in [9.17, 15) is 4.79 Å². The summed E-state index contributed by atoms with van der Waals surface area (Å²) < 4.78 is 11.2. The molecule has 0 aliphatic carbocycles. The van der Waals surface area contributed by atoms with Crippen LogP contribution in [0.3, 0.4) is 0 Å². The van der Waals surface area contributed by atoms with Crippen LogP contribution in [0.2, 0.25) is 0 Å². The van der Waals surface area contributed by atoms with Gasteiger partial charge in [0.2, 0.25) is 0 Å². The number of hydrogen-bond acceptors (Lipinski definition) is 7. The number of piperazine rings is 1. The highest BCUT2D eigenvalue weighted by Crippen LogP contribution is 2.26. The highest BCUT2D eigenvalue weighted by atomic mass is 32.2. The van der Waals surface area contributed by atoms with Crippen molar-refractivity contribution < 1.29 is 13.9 Å². The van der Waals surface area contributed by atoms with Gasteiger partial charge < -0.3 is 14.1 Å². The molecule has 0 radical (unpaired) electrons. The molecule has 162 valence electrons. The summed E-state index contributed by atoms with van der Waals surface area (Å²) in [6.45, 7) is 6.33. The van der Waals surface area contributed by atoms with Crippen LogP contribution >= 0.6 is 11.8 Å². The molecule has 7 nitrogen and oxygen atoms in total. The Morgan fingerprint density at radius 2 is 1.87 bits per heavy atom. The maximum Gasteiger partial charge on any atom is 0.258 e. The van der Waals surface area contributed by atoms with Gasteiger partial charge >= 0.3 is 0 Å². The Morgan fingerprint density at radius 1 is 1.10 bits per heavy atom. The van der Waals surface area contributed by atoms with Crippen molar-refractivity contribution in [2.24, 2.45) is 0 Å². The Hall–Kier alpha value is -2.84. The molecule has 0 unspecified atom stereocenters. The lowest BCUT2D eigenvalue weighted by molar-refractivity contribution is 0.0615. The number of rotatable bonds is 7. The number of hydrogen-bond donors (Lipinski definition) is 0. The Labute approximate surface area is 186 Å². The highest BCUT2D eigenvalue weighted by molar-refractivity contribution is 7.98.